The molecule has 4 heteroatoms. The van der Waals surface area contributed by atoms with Gasteiger partial charge in [0.15, 0.2) is 5.79 Å². The Balaban J connectivity index is 1.62. The minimum Gasteiger partial charge on any atom is -0.377 e. The van der Waals surface area contributed by atoms with Crippen molar-refractivity contribution in [3.05, 3.63) is 24.3 Å². The minimum absolute atomic E-state index is 0.225. The Bertz CT molecular complexity index is 462. The number of ether oxygens (including phenoxy) is 2. The Morgan fingerprint density at radius 1 is 1.10 bits per heavy atom. The Morgan fingerprint density at radius 2 is 1.76 bits per heavy atom. The first-order valence-electron chi connectivity index (χ1n) is 7.92. The van der Waals surface area contributed by atoms with Crippen molar-refractivity contribution in [2.45, 2.75) is 61.5 Å². The van der Waals surface area contributed by atoms with Crippen molar-refractivity contribution < 1.29 is 9.47 Å². The lowest BCUT2D eigenvalue weighted by atomic mass is 10.2. The topological polar surface area (TPSA) is 30.5 Å². The Kier molecular flexibility index (Phi) is 4.77. The smallest absolute Gasteiger partial charge is 0.162 e. The number of rotatable bonds is 4. The second-order valence-electron chi connectivity index (χ2n) is 6.38. The Labute approximate surface area is 131 Å². The normalized spacial score (nSPS) is 23.3. The van der Waals surface area contributed by atoms with Gasteiger partial charge in [0.05, 0.1) is 19.3 Å². The zero-order valence-electron chi connectivity index (χ0n) is 12.9. The van der Waals surface area contributed by atoms with Gasteiger partial charge < -0.3 is 14.8 Å². The molecule has 0 aromatic heterocycles. The molecule has 3 rings (SSSR count). The molecule has 21 heavy (non-hydrogen) atoms. The molecule has 1 aromatic carbocycles. The molecule has 1 N–H and O–H groups in total. The van der Waals surface area contributed by atoms with E-state index in [1.807, 2.05) is 25.6 Å². The van der Waals surface area contributed by atoms with E-state index in [9.17, 15) is 0 Å². The second kappa shape index (κ2) is 6.59. The standard InChI is InChI=1S/C17H25NO2S/c1-17(2)19-11-13(12-20-17)18-15-9-5-6-10-16(15)21-14-7-3-4-8-14/h5-6,9-10,13-14,18H,3-4,7-8,11-12H2,1-2H3. The average Bonchev–Trinajstić information content (AvgIpc) is 2.96. The maximum absolute atomic E-state index is 5.73. The van der Waals surface area contributed by atoms with Crippen LogP contribution in [0.1, 0.15) is 39.5 Å². The van der Waals surface area contributed by atoms with E-state index in [0.717, 1.165) is 5.25 Å². The number of benzene rings is 1. The molecule has 1 saturated carbocycles. The van der Waals surface area contributed by atoms with E-state index in [1.54, 1.807) is 0 Å². The van der Waals surface area contributed by atoms with E-state index >= 15 is 0 Å². The molecular weight excluding hydrogens is 282 g/mol. The van der Waals surface area contributed by atoms with Crippen molar-refractivity contribution in [3.8, 4) is 0 Å². The second-order valence-corrected chi connectivity index (χ2v) is 7.73. The SMILES string of the molecule is CC1(C)OCC(Nc2ccccc2SC2CCCC2)CO1. The van der Waals surface area contributed by atoms with Crippen LogP contribution in [0.3, 0.4) is 0 Å². The van der Waals surface area contributed by atoms with Gasteiger partial charge >= 0.3 is 0 Å². The van der Waals surface area contributed by atoms with Gasteiger partial charge in [-0.3, -0.25) is 0 Å². The molecule has 1 aliphatic carbocycles. The number of thioether (sulfide) groups is 1. The third-order valence-corrected chi connectivity index (χ3v) is 5.52. The van der Waals surface area contributed by atoms with E-state index in [1.165, 1.54) is 36.3 Å². The van der Waals surface area contributed by atoms with E-state index in [-0.39, 0.29) is 6.04 Å². The molecule has 2 aliphatic rings. The lowest BCUT2D eigenvalue weighted by Gasteiger charge is -2.35. The summed E-state index contributed by atoms with van der Waals surface area (Å²) >= 11 is 2.02. The molecule has 0 bridgehead atoms. The zero-order valence-corrected chi connectivity index (χ0v) is 13.7. The fourth-order valence-corrected chi connectivity index (χ4v) is 4.21. The molecule has 2 fully saturated rings. The minimum atomic E-state index is -0.448. The quantitative estimate of drug-likeness (QED) is 0.899. The number of hydrogen-bond donors (Lipinski definition) is 1. The first kappa shape index (κ1) is 15.2. The van der Waals surface area contributed by atoms with Crippen LogP contribution in [0.4, 0.5) is 5.69 Å². The highest BCUT2D eigenvalue weighted by Gasteiger charge is 2.28. The summed E-state index contributed by atoms with van der Waals surface area (Å²) in [5.41, 5.74) is 1.21. The summed E-state index contributed by atoms with van der Waals surface area (Å²) in [4.78, 5) is 1.36. The third kappa shape index (κ3) is 4.15. The van der Waals surface area contributed by atoms with Crippen molar-refractivity contribution >= 4 is 17.4 Å². The Hall–Kier alpha value is -0.710. The summed E-state index contributed by atoms with van der Waals surface area (Å²) in [5.74, 6) is -0.448. The highest BCUT2D eigenvalue weighted by Crippen LogP contribution is 2.38. The summed E-state index contributed by atoms with van der Waals surface area (Å²) < 4.78 is 11.5. The van der Waals surface area contributed by atoms with Crippen molar-refractivity contribution in [2.75, 3.05) is 18.5 Å². The van der Waals surface area contributed by atoms with Crippen LogP contribution in [0, 0.1) is 0 Å². The van der Waals surface area contributed by atoms with Gasteiger partial charge in [-0.2, -0.15) is 0 Å². The number of anilines is 1. The first-order valence-corrected chi connectivity index (χ1v) is 8.80. The molecule has 1 aromatic rings. The largest absolute Gasteiger partial charge is 0.377 e. The van der Waals surface area contributed by atoms with Crippen molar-refractivity contribution in [1.29, 1.82) is 0 Å². The molecule has 1 heterocycles. The van der Waals surface area contributed by atoms with Crippen LogP contribution in [-0.4, -0.2) is 30.3 Å². The predicted molar refractivity (Wildman–Crippen MR) is 87.9 cm³/mol. The number of para-hydroxylation sites is 1. The van der Waals surface area contributed by atoms with Gasteiger partial charge in [0.1, 0.15) is 0 Å². The number of hydrogen-bond acceptors (Lipinski definition) is 4. The summed E-state index contributed by atoms with van der Waals surface area (Å²) in [6, 6.07) is 8.83. The van der Waals surface area contributed by atoms with Crippen LogP contribution >= 0.6 is 11.8 Å². The first-order chi connectivity index (χ1) is 10.1. The molecule has 1 aliphatic heterocycles. The lowest BCUT2D eigenvalue weighted by Crippen LogP contribution is -2.45. The third-order valence-electron chi connectivity index (χ3n) is 4.11. The lowest BCUT2D eigenvalue weighted by molar-refractivity contribution is -0.247. The van der Waals surface area contributed by atoms with Gasteiger partial charge in [-0.05, 0) is 38.8 Å². The van der Waals surface area contributed by atoms with Gasteiger partial charge in [0, 0.05) is 15.8 Å². The molecule has 0 amide bonds. The van der Waals surface area contributed by atoms with Gasteiger partial charge in [0.2, 0.25) is 0 Å². The molecule has 0 radical (unpaired) electrons. The van der Waals surface area contributed by atoms with Crippen molar-refractivity contribution in [1.82, 2.24) is 0 Å². The van der Waals surface area contributed by atoms with E-state index < -0.39 is 5.79 Å². The Morgan fingerprint density at radius 3 is 2.48 bits per heavy atom. The van der Waals surface area contributed by atoms with Crippen LogP contribution in [0.25, 0.3) is 0 Å². The zero-order chi connectivity index (χ0) is 14.7. The van der Waals surface area contributed by atoms with Gasteiger partial charge in [0.25, 0.3) is 0 Å². The predicted octanol–water partition coefficient (Wildman–Crippen LogP) is 4.28. The summed E-state index contributed by atoms with van der Waals surface area (Å²) in [6.45, 7) is 5.31. The van der Waals surface area contributed by atoms with E-state index in [2.05, 4.69) is 29.6 Å². The van der Waals surface area contributed by atoms with Gasteiger partial charge in [-0.25, -0.2) is 0 Å². The van der Waals surface area contributed by atoms with Crippen LogP contribution in [0.5, 0.6) is 0 Å². The summed E-state index contributed by atoms with van der Waals surface area (Å²) in [7, 11) is 0. The van der Waals surface area contributed by atoms with Crippen LogP contribution in [0.2, 0.25) is 0 Å². The van der Waals surface area contributed by atoms with Crippen molar-refractivity contribution in [2.24, 2.45) is 0 Å². The fourth-order valence-electron chi connectivity index (χ4n) is 2.87. The summed E-state index contributed by atoms with van der Waals surface area (Å²) in [6.07, 6.45) is 5.46. The molecule has 0 spiro atoms. The molecular formula is C17H25NO2S. The summed E-state index contributed by atoms with van der Waals surface area (Å²) in [5, 5.41) is 4.37. The molecule has 3 nitrogen and oxygen atoms in total. The van der Waals surface area contributed by atoms with Crippen LogP contribution in [0.15, 0.2) is 29.2 Å². The molecule has 0 unspecified atom stereocenters. The monoisotopic (exact) mass is 307 g/mol. The maximum Gasteiger partial charge on any atom is 0.162 e. The van der Waals surface area contributed by atoms with Crippen LogP contribution < -0.4 is 5.32 Å². The molecule has 0 atom stereocenters. The van der Waals surface area contributed by atoms with E-state index in [0.29, 0.717) is 13.2 Å². The fraction of sp³-hybridized carbons (Fsp3) is 0.647. The highest BCUT2D eigenvalue weighted by molar-refractivity contribution is 8.00. The highest BCUT2D eigenvalue weighted by atomic mass is 32.2. The van der Waals surface area contributed by atoms with Gasteiger partial charge in [-0.1, -0.05) is 25.0 Å². The van der Waals surface area contributed by atoms with Crippen molar-refractivity contribution in [3.63, 3.8) is 0 Å². The van der Waals surface area contributed by atoms with Crippen LogP contribution in [-0.2, 0) is 9.47 Å². The van der Waals surface area contributed by atoms with Gasteiger partial charge in [-0.15, -0.1) is 11.8 Å². The molecule has 1 saturated heterocycles. The van der Waals surface area contributed by atoms with E-state index in [4.69, 9.17) is 9.47 Å². The molecule has 116 valence electrons. The maximum atomic E-state index is 5.73. The number of nitrogens with one attached hydrogen (secondary N) is 1. The average molecular weight is 307 g/mol.